The molecule has 1 amide bonds. The Hall–Kier alpha value is -2.38. The average molecular weight is 392 g/mol. The van der Waals surface area contributed by atoms with Gasteiger partial charge in [0.05, 0.1) is 28.7 Å². The van der Waals surface area contributed by atoms with Gasteiger partial charge in [-0.1, -0.05) is 29.8 Å². The second kappa shape index (κ2) is 7.47. The summed E-state index contributed by atoms with van der Waals surface area (Å²) >= 11 is 7.72. The van der Waals surface area contributed by atoms with Crippen LogP contribution >= 0.6 is 22.9 Å². The number of ether oxygens (including phenoxy) is 1. The predicted molar refractivity (Wildman–Crippen MR) is 103 cm³/mol. The molecule has 2 aromatic heterocycles. The molecule has 8 heteroatoms. The van der Waals surface area contributed by atoms with Crippen LogP contribution in [0.15, 0.2) is 24.3 Å². The Kier molecular flexibility index (Phi) is 5.29. The normalized spacial score (nSPS) is 10.9. The fraction of sp³-hybridized carbons (Fsp3) is 0.278. The molecule has 0 fully saturated rings. The summed E-state index contributed by atoms with van der Waals surface area (Å²) in [6, 6.07) is 7.61. The summed E-state index contributed by atoms with van der Waals surface area (Å²) in [6.45, 7) is 5.63. The van der Waals surface area contributed by atoms with Crippen molar-refractivity contribution in [3.63, 3.8) is 0 Å². The third-order valence-corrected chi connectivity index (χ3v) is 5.62. The monoisotopic (exact) mass is 391 g/mol. The number of fused-ring (bicyclic) bond motifs is 1. The van der Waals surface area contributed by atoms with E-state index in [-0.39, 0.29) is 18.4 Å². The van der Waals surface area contributed by atoms with Gasteiger partial charge in [0.25, 0.3) is 5.91 Å². The number of nitrogens with zero attached hydrogens (tertiary/aromatic N) is 2. The number of hydrogen-bond donors (Lipinski definition) is 1. The van der Waals surface area contributed by atoms with Gasteiger partial charge in [-0.3, -0.25) is 14.3 Å². The molecular formula is C18H18ClN3O3S. The van der Waals surface area contributed by atoms with Crippen LogP contribution < -0.4 is 5.32 Å². The molecule has 0 spiro atoms. The molecule has 0 aliphatic heterocycles. The summed E-state index contributed by atoms with van der Waals surface area (Å²) in [7, 11) is 0. The number of aromatic nitrogens is 2. The predicted octanol–water partition coefficient (Wildman–Crippen LogP) is 4.18. The highest BCUT2D eigenvalue weighted by molar-refractivity contribution is 7.21. The van der Waals surface area contributed by atoms with Crippen LogP contribution in [0.2, 0.25) is 5.02 Å². The highest BCUT2D eigenvalue weighted by Crippen LogP contribution is 2.35. The van der Waals surface area contributed by atoms with Crippen LogP contribution in [-0.4, -0.2) is 28.3 Å². The Bertz CT molecular complexity index is 993. The van der Waals surface area contributed by atoms with Crippen LogP contribution in [0.3, 0.4) is 0 Å². The van der Waals surface area contributed by atoms with E-state index in [1.165, 1.54) is 16.0 Å². The SMILES string of the molecule is CCOC(=O)Cn1nc(C)c(NC(=O)c2sc3ccccc3c2Cl)c1C. The second-order valence-corrected chi connectivity index (χ2v) is 7.13. The van der Waals surface area contributed by atoms with Gasteiger partial charge >= 0.3 is 5.97 Å². The maximum atomic E-state index is 12.7. The van der Waals surface area contributed by atoms with E-state index in [4.69, 9.17) is 16.3 Å². The first-order valence-electron chi connectivity index (χ1n) is 8.10. The maximum Gasteiger partial charge on any atom is 0.327 e. The molecule has 0 bridgehead atoms. The standard InChI is InChI=1S/C18H18ClN3O3S/c1-4-25-14(23)9-22-11(3)16(10(2)21-22)20-18(24)17-15(19)12-7-5-6-8-13(12)26-17/h5-8H,4,9H2,1-3H3,(H,20,24). The number of esters is 1. The highest BCUT2D eigenvalue weighted by atomic mass is 35.5. The van der Waals surface area contributed by atoms with E-state index < -0.39 is 0 Å². The summed E-state index contributed by atoms with van der Waals surface area (Å²) in [4.78, 5) is 24.9. The topological polar surface area (TPSA) is 73.2 Å². The Morgan fingerprint density at radius 2 is 2.04 bits per heavy atom. The fourth-order valence-electron chi connectivity index (χ4n) is 2.69. The lowest BCUT2D eigenvalue weighted by Gasteiger charge is -2.06. The summed E-state index contributed by atoms with van der Waals surface area (Å²) < 4.78 is 7.42. The number of aryl methyl sites for hydroxylation is 1. The number of halogens is 1. The zero-order chi connectivity index (χ0) is 18.8. The molecule has 2 heterocycles. The highest BCUT2D eigenvalue weighted by Gasteiger charge is 2.21. The van der Waals surface area contributed by atoms with Crippen molar-refractivity contribution in [3.8, 4) is 0 Å². The number of anilines is 1. The Labute approximate surface area is 159 Å². The number of hydrogen-bond acceptors (Lipinski definition) is 5. The van der Waals surface area contributed by atoms with Gasteiger partial charge in [0.1, 0.15) is 11.4 Å². The van der Waals surface area contributed by atoms with Crippen molar-refractivity contribution < 1.29 is 14.3 Å². The third kappa shape index (κ3) is 3.45. The molecule has 6 nitrogen and oxygen atoms in total. The first-order chi connectivity index (χ1) is 12.4. The van der Waals surface area contributed by atoms with Crippen molar-refractivity contribution in [1.82, 2.24) is 9.78 Å². The smallest absolute Gasteiger partial charge is 0.327 e. The molecule has 0 aliphatic carbocycles. The summed E-state index contributed by atoms with van der Waals surface area (Å²) in [6.07, 6.45) is 0. The first kappa shape index (κ1) is 18.4. The van der Waals surface area contributed by atoms with Crippen molar-refractivity contribution in [2.24, 2.45) is 0 Å². The van der Waals surface area contributed by atoms with E-state index in [1.807, 2.05) is 24.3 Å². The zero-order valence-electron chi connectivity index (χ0n) is 14.6. The maximum absolute atomic E-state index is 12.7. The van der Waals surface area contributed by atoms with E-state index >= 15 is 0 Å². The molecule has 136 valence electrons. The molecule has 0 aliphatic rings. The molecule has 0 saturated carbocycles. The molecule has 0 unspecified atom stereocenters. The largest absolute Gasteiger partial charge is 0.465 e. The van der Waals surface area contributed by atoms with E-state index in [0.717, 1.165) is 10.1 Å². The van der Waals surface area contributed by atoms with Crippen LogP contribution in [-0.2, 0) is 16.1 Å². The van der Waals surface area contributed by atoms with E-state index in [9.17, 15) is 9.59 Å². The molecular weight excluding hydrogens is 374 g/mol. The van der Waals surface area contributed by atoms with Crippen LogP contribution in [0.1, 0.15) is 28.0 Å². The van der Waals surface area contributed by atoms with Gasteiger partial charge < -0.3 is 10.1 Å². The van der Waals surface area contributed by atoms with Crippen molar-refractivity contribution in [1.29, 1.82) is 0 Å². The van der Waals surface area contributed by atoms with Gasteiger partial charge in [-0.15, -0.1) is 11.3 Å². The van der Waals surface area contributed by atoms with Gasteiger partial charge in [0.15, 0.2) is 0 Å². The Morgan fingerprint density at radius 1 is 1.31 bits per heavy atom. The number of carbonyl (C=O) groups is 2. The number of rotatable bonds is 5. The molecule has 1 N–H and O–H groups in total. The van der Waals surface area contributed by atoms with Gasteiger partial charge in [-0.05, 0) is 26.8 Å². The van der Waals surface area contributed by atoms with Gasteiger partial charge in [0.2, 0.25) is 0 Å². The number of carbonyl (C=O) groups excluding carboxylic acids is 2. The number of thiophene rings is 1. The fourth-order valence-corrected chi connectivity index (χ4v) is 4.10. The van der Waals surface area contributed by atoms with Crippen LogP contribution in [0.5, 0.6) is 0 Å². The van der Waals surface area contributed by atoms with Crippen molar-refractivity contribution in [2.45, 2.75) is 27.3 Å². The third-order valence-electron chi connectivity index (χ3n) is 3.95. The van der Waals surface area contributed by atoms with E-state index in [0.29, 0.717) is 33.6 Å². The van der Waals surface area contributed by atoms with Crippen molar-refractivity contribution in [3.05, 3.63) is 45.6 Å². The zero-order valence-corrected chi connectivity index (χ0v) is 16.2. The van der Waals surface area contributed by atoms with Crippen molar-refractivity contribution in [2.75, 3.05) is 11.9 Å². The van der Waals surface area contributed by atoms with E-state index in [1.54, 1.807) is 20.8 Å². The molecule has 0 radical (unpaired) electrons. The molecule has 0 saturated heterocycles. The Morgan fingerprint density at radius 3 is 2.73 bits per heavy atom. The molecule has 1 aromatic carbocycles. The second-order valence-electron chi connectivity index (χ2n) is 5.70. The minimum atomic E-state index is -0.372. The van der Waals surface area contributed by atoms with Crippen LogP contribution in [0, 0.1) is 13.8 Å². The van der Waals surface area contributed by atoms with Crippen LogP contribution in [0.25, 0.3) is 10.1 Å². The minimum Gasteiger partial charge on any atom is -0.465 e. The number of benzene rings is 1. The molecule has 0 atom stereocenters. The van der Waals surface area contributed by atoms with Crippen LogP contribution in [0.4, 0.5) is 5.69 Å². The van der Waals surface area contributed by atoms with Gasteiger partial charge in [0, 0.05) is 10.1 Å². The molecule has 26 heavy (non-hydrogen) atoms. The summed E-state index contributed by atoms with van der Waals surface area (Å²) in [5.41, 5.74) is 1.88. The van der Waals surface area contributed by atoms with Crippen molar-refractivity contribution >= 4 is 50.6 Å². The lowest BCUT2D eigenvalue weighted by atomic mass is 10.2. The molecule has 3 aromatic rings. The summed E-state index contributed by atoms with van der Waals surface area (Å²) in [5, 5.41) is 8.49. The number of nitrogens with one attached hydrogen (secondary N) is 1. The summed E-state index contributed by atoms with van der Waals surface area (Å²) in [5.74, 6) is -0.665. The quantitative estimate of drug-likeness (QED) is 0.662. The minimum absolute atomic E-state index is 0.0000275. The lowest BCUT2D eigenvalue weighted by Crippen LogP contribution is -2.16. The number of amides is 1. The van der Waals surface area contributed by atoms with E-state index in [2.05, 4.69) is 10.4 Å². The molecule has 3 rings (SSSR count). The van der Waals surface area contributed by atoms with Gasteiger partial charge in [-0.25, -0.2) is 0 Å². The Balaban J connectivity index is 1.86. The first-order valence-corrected chi connectivity index (χ1v) is 9.29. The average Bonchev–Trinajstić information content (AvgIpc) is 3.07. The lowest BCUT2D eigenvalue weighted by molar-refractivity contribution is -0.144. The van der Waals surface area contributed by atoms with Gasteiger partial charge in [-0.2, -0.15) is 5.10 Å².